The molecule has 2 aliphatic heterocycles. The zero-order valence-corrected chi connectivity index (χ0v) is 18.0. The molecule has 32 heavy (non-hydrogen) atoms. The number of hydrogen-bond donors (Lipinski definition) is 2. The molecule has 1 saturated heterocycles. The third-order valence-corrected chi connectivity index (χ3v) is 6.25. The van der Waals surface area contributed by atoms with Crippen LogP contribution in [-0.2, 0) is 17.9 Å². The highest BCUT2D eigenvalue weighted by Crippen LogP contribution is 2.34. The second-order valence-electron chi connectivity index (χ2n) is 8.05. The van der Waals surface area contributed by atoms with Gasteiger partial charge >= 0.3 is 0 Å². The van der Waals surface area contributed by atoms with Gasteiger partial charge in [0, 0.05) is 24.3 Å². The first-order valence-electron chi connectivity index (χ1n) is 10.6. The van der Waals surface area contributed by atoms with Crippen molar-refractivity contribution in [2.24, 2.45) is 0 Å². The van der Waals surface area contributed by atoms with Crippen molar-refractivity contribution in [2.45, 2.75) is 32.0 Å². The van der Waals surface area contributed by atoms with Gasteiger partial charge in [0.25, 0.3) is 0 Å². The first kappa shape index (κ1) is 20.9. The van der Waals surface area contributed by atoms with E-state index in [1.165, 1.54) is 24.3 Å². The molecular weight excluding hydrogens is 436 g/mol. The molecular formula is C23H22ClF2N5O. The fraction of sp³-hybridized carbons (Fsp3) is 0.304. The minimum absolute atomic E-state index is 0.0410. The van der Waals surface area contributed by atoms with Crippen molar-refractivity contribution >= 4 is 29.0 Å². The molecule has 3 heterocycles. The van der Waals surface area contributed by atoms with Gasteiger partial charge in [0.2, 0.25) is 5.91 Å². The second-order valence-corrected chi connectivity index (χ2v) is 8.45. The molecule has 2 aromatic carbocycles. The normalized spacial score (nSPS) is 18.0. The third kappa shape index (κ3) is 3.96. The maximum atomic E-state index is 14.0. The van der Waals surface area contributed by atoms with Crippen molar-refractivity contribution < 1.29 is 13.6 Å². The number of carbonyl (C=O) groups excluding carboxylic acids is 1. The molecule has 3 aromatic rings. The quantitative estimate of drug-likeness (QED) is 0.612. The zero-order chi connectivity index (χ0) is 22.2. The number of aromatic nitrogens is 2. The molecule has 2 aliphatic rings. The molecule has 1 atom stereocenters. The highest BCUT2D eigenvalue weighted by Gasteiger charge is 2.31. The van der Waals surface area contributed by atoms with Gasteiger partial charge in [-0.1, -0.05) is 11.6 Å². The van der Waals surface area contributed by atoms with Crippen molar-refractivity contribution in [3.8, 4) is 11.3 Å². The molecule has 6 nitrogen and oxygen atoms in total. The van der Waals surface area contributed by atoms with E-state index in [1.54, 1.807) is 18.2 Å². The Morgan fingerprint density at radius 1 is 1.16 bits per heavy atom. The number of rotatable bonds is 4. The molecule has 1 fully saturated rings. The van der Waals surface area contributed by atoms with Crippen LogP contribution in [0, 0.1) is 11.6 Å². The summed E-state index contributed by atoms with van der Waals surface area (Å²) in [6, 6.07) is 10.4. The van der Waals surface area contributed by atoms with Crippen LogP contribution in [0.25, 0.3) is 11.3 Å². The lowest BCUT2D eigenvalue weighted by Gasteiger charge is -2.30. The fourth-order valence-electron chi connectivity index (χ4n) is 4.28. The number of hydrogen-bond acceptors (Lipinski definition) is 4. The number of amides is 1. The van der Waals surface area contributed by atoms with E-state index in [0.29, 0.717) is 36.8 Å². The molecule has 0 aliphatic carbocycles. The Labute approximate surface area is 189 Å². The van der Waals surface area contributed by atoms with Crippen LogP contribution in [-0.4, -0.2) is 39.5 Å². The van der Waals surface area contributed by atoms with E-state index < -0.39 is 5.82 Å². The molecule has 2 N–H and O–H groups in total. The van der Waals surface area contributed by atoms with Gasteiger partial charge < -0.3 is 20.1 Å². The van der Waals surface area contributed by atoms with Crippen LogP contribution in [0.4, 0.5) is 20.3 Å². The lowest BCUT2D eigenvalue weighted by molar-refractivity contribution is -0.134. The molecule has 9 heteroatoms. The van der Waals surface area contributed by atoms with Gasteiger partial charge in [0.05, 0.1) is 17.6 Å². The van der Waals surface area contributed by atoms with Crippen LogP contribution in [0.1, 0.15) is 18.7 Å². The Balaban J connectivity index is 1.50. The Hall–Kier alpha value is -2.97. The van der Waals surface area contributed by atoms with Crippen molar-refractivity contribution in [3.05, 3.63) is 64.9 Å². The first-order chi connectivity index (χ1) is 15.5. The monoisotopic (exact) mass is 457 g/mol. The van der Waals surface area contributed by atoms with Gasteiger partial charge in [-0.05, 0) is 61.9 Å². The van der Waals surface area contributed by atoms with Gasteiger partial charge in [-0.2, -0.15) is 0 Å². The zero-order valence-electron chi connectivity index (χ0n) is 17.2. The summed E-state index contributed by atoms with van der Waals surface area (Å²) in [6.45, 7) is 2.33. The maximum Gasteiger partial charge on any atom is 0.240 e. The summed E-state index contributed by atoms with van der Waals surface area (Å²) in [6.07, 6.45) is 1.85. The number of carbonyl (C=O) groups is 1. The number of nitrogens with zero attached hydrogens (tertiary/aromatic N) is 3. The highest BCUT2D eigenvalue weighted by molar-refractivity contribution is 6.30. The van der Waals surface area contributed by atoms with Gasteiger partial charge in [-0.3, -0.25) is 4.79 Å². The highest BCUT2D eigenvalue weighted by atomic mass is 35.5. The Bertz CT molecular complexity index is 1160. The molecule has 5 rings (SSSR count). The van der Waals surface area contributed by atoms with Crippen molar-refractivity contribution in [3.63, 3.8) is 0 Å². The maximum absolute atomic E-state index is 14.0. The minimum atomic E-state index is -0.529. The van der Waals surface area contributed by atoms with Crippen molar-refractivity contribution in [1.29, 1.82) is 0 Å². The van der Waals surface area contributed by atoms with Crippen LogP contribution in [0.2, 0.25) is 5.02 Å². The largest absolute Gasteiger partial charge is 0.340 e. The number of halogens is 3. The van der Waals surface area contributed by atoms with Gasteiger partial charge in [-0.15, -0.1) is 0 Å². The van der Waals surface area contributed by atoms with E-state index in [1.807, 2.05) is 9.47 Å². The summed E-state index contributed by atoms with van der Waals surface area (Å²) in [5.74, 6) is 0.611. The minimum Gasteiger partial charge on any atom is -0.340 e. The molecule has 0 bridgehead atoms. The summed E-state index contributed by atoms with van der Waals surface area (Å²) in [7, 11) is 0. The Kier molecular flexibility index (Phi) is 5.57. The van der Waals surface area contributed by atoms with Crippen LogP contribution < -0.4 is 10.6 Å². The lowest BCUT2D eigenvalue weighted by atomic mass is 10.1. The number of benzene rings is 2. The Morgan fingerprint density at radius 3 is 2.69 bits per heavy atom. The number of imidazole rings is 1. The van der Waals surface area contributed by atoms with Gasteiger partial charge in [-0.25, -0.2) is 13.8 Å². The number of fused-ring (bicyclic) bond motifs is 1. The number of anilines is 2. The lowest BCUT2D eigenvalue weighted by Crippen LogP contribution is -2.46. The van der Waals surface area contributed by atoms with Crippen LogP contribution in [0.5, 0.6) is 0 Å². The van der Waals surface area contributed by atoms with E-state index in [0.717, 1.165) is 30.8 Å². The SMILES string of the molecule is O=C(C1CCCN1)N1CCn2c(nc(-c3ccc(F)cc3)c2Nc2ccc(Cl)c(F)c2)C1. The van der Waals surface area contributed by atoms with Crippen LogP contribution >= 0.6 is 11.6 Å². The van der Waals surface area contributed by atoms with Crippen LogP contribution in [0.3, 0.4) is 0 Å². The predicted molar refractivity (Wildman–Crippen MR) is 119 cm³/mol. The molecule has 1 unspecified atom stereocenters. The van der Waals surface area contributed by atoms with E-state index in [4.69, 9.17) is 16.6 Å². The molecule has 0 saturated carbocycles. The van der Waals surface area contributed by atoms with E-state index in [9.17, 15) is 13.6 Å². The smallest absolute Gasteiger partial charge is 0.240 e. The molecule has 0 radical (unpaired) electrons. The fourth-order valence-corrected chi connectivity index (χ4v) is 4.40. The van der Waals surface area contributed by atoms with E-state index in [2.05, 4.69) is 10.6 Å². The van der Waals surface area contributed by atoms with E-state index in [-0.39, 0.29) is 22.8 Å². The van der Waals surface area contributed by atoms with Crippen molar-refractivity contribution in [1.82, 2.24) is 19.8 Å². The summed E-state index contributed by atoms with van der Waals surface area (Å²) >= 11 is 5.82. The molecule has 0 spiro atoms. The molecule has 166 valence electrons. The number of nitrogens with one attached hydrogen (secondary N) is 2. The summed E-state index contributed by atoms with van der Waals surface area (Å²) in [4.78, 5) is 19.5. The van der Waals surface area contributed by atoms with Gasteiger partial charge in [0.15, 0.2) is 0 Å². The topological polar surface area (TPSA) is 62.2 Å². The van der Waals surface area contributed by atoms with E-state index >= 15 is 0 Å². The average molecular weight is 458 g/mol. The summed E-state index contributed by atoms with van der Waals surface area (Å²) in [5.41, 5.74) is 1.86. The van der Waals surface area contributed by atoms with Crippen LogP contribution in [0.15, 0.2) is 42.5 Å². The molecule has 1 aromatic heterocycles. The second kappa shape index (κ2) is 8.52. The summed E-state index contributed by atoms with van der Waals surface area (Å²) in [5, 5.41) is 6.55. The standard InChI is InChI=1S/C23H22ClF2N5O/c24-17-8-7-16(12-18(17)26)28-22-21(14-3-5-15(25)6-4-14)29-20-13-30(10-11-31(20)22)23(32)19-2-1-9-27-19/h3-8,12,19,27-28H,1-2,9-11,13H2. The van der Waals surface area contributed by atoms with Gasteiger partial charge in [0.1, 0.15) is 29.0 Å². The Morgan fingerprint density at radius 2 is 1.97 bits per heavy atom. The average Bonchev–Trinajstić information content (AvgIpc) is 3.45. The van der Waals surface area contributed by atoms with Crippen molar-refractivity contribution in [2.75, 3.05) is 18.4 Å². The molecule has 1 amide bonds. The third-order valence-electron chi connectivity index (χ3n) is 5.94. The summed E-state index contributed by atoms with van der Waals surface area (Å²) < 4.78 is 29.5. The first-order valence-corrected chi connectivity index (χ1v) is 11.0. The predicted octanol–water partition coefficient (Wildman–Crippen LogP) is 4.32.